The molecule has 0 unspecified atom stereocenters. The zero-order chi connectivity index (χ0) is 31.1. The van der Waals surface area contributed by atoms with Crippen molar-refractivity contribution in [3.05, 3.63) is 35.7 Å². The van der Waals surface area contributed by atoms with Gasteiger partial charge in [-0.05, 0) is 30.7 Å². The molecule has 12 nitrogen and oxygen atoms in total. The van der Waals surface area contributed by atoms with Crippen LogP contribution in [-0.4, -0.2) is 138 Å². The Kier molecular flexibility index (Phi) is 27.2. The molecule has 1 aromatic rings. The van der Waals surface area contributed by atoms with Crippen LogP contribution in [0.1, 0.15) is 12.5 Å². The molecule has 248 valence electrons. The van der Waals surface area contributed by atoms with Gasteiger partial charge in [0, 0.05) is 12.6 Å². The minimum Gasteiger partial charge on any atom is -0.491 e. The highest BCUT2D eigenvalue weighted by Crippen LogP contribution is 2.17. The summed E-state index contributed by atoms with van der Waals surface area (Å²) in [5, 5.41) is 0. The van der Waals surface area contributed by atoms with E-state index in [1.807, 2.05) is 0 Å². The number of carbonyl (C=O) groups excluding carboxylic acids is 1. The average Bonchev–Trinajstić information content (AvgIpc) is 2.99. The van der Waals surface area contributed by atoms with E-state index in [1.54, 1.807) is 12.1 Å². The van der Waals surface area contributed by atoms with Gasteiger partial charge < -0.3 is 53.1 Å². The quantitative estimate of drug-likeness (QED) is 0.0932. The normalized spacial score (nSPS) is 11.5. The molecule has 0 spiro atoms. The molecule has 43 heavy (non-hydrogen) atoms. The maximum atomic E-state index is 13.7. The van der Waals surface area contributed by atoms with Crippen LogP contribution in [0.4, 0.5) is 4.39 Å². The van der Waals surface area contributed by atoms with Gasteiger partial charge in [-0.25, -0.2) is 4.39 Å². The van der Waals surface area contributed by atoms with Crippen LogP contribution in [0.3, 0.4) is 0 Å². The summed E-state index contributed by atoms with van der Waals surface area (Å²) < 4.78 is 67.9. The van der Waals surface area contributed by atoms with Gasteiger partial charge >= 0.3 is 0 Å². The summed E-state index contributed by atoms with van der Waals surface area (Å²) in [6.45, 7) is 10.9. The third-order valence-corrected chi connectivity index (χ3v) is 5.14. The largest absolute Gasteiger partial charge is 0.491 e. The second kappa shape index (κ2) is 30.0. The molecule has 0 bridgehead atoms. The molecule has 0 radical (unpaired) electrons. The molecule has 1 rings (SSSR count). The molecule has 0 aliphatic carbocycles. The fraction of sp³-hybridized carbons (Fsp3) is 0.700. The van der Waals surface area contributed by atoms with E-state index in [2.05, 4.69) is 0 Å². The number of carbonyl (C=O) groups is 1. The molecule has 0 aliphatic rings. The molecule has 0 aliphatic heterocycles. The minimum atomic E-state index is -0.437. The summed E-state index contributed by atoms with van der Waals surface area (Å²) in [5.41, 5.74) is 5.88. The predicted octanol–water partition coefficient (Wildman–Crippen LogP) is 1.91. The highest BCUT2D eigenvalue weighted by atomic mass is 19.1. The van der Waals surface area contributed by atoms with Crippen molar-refractivity contribution in [2.75, 3.05) is 132 Å². The van der Waals surface area contributed by atoms with Crippen molar-refractivity contribution in [2.45, 2.75) is 6.92 Å². The molecule has 0 saturated heterocycles. The summed E-state index contributed by atoms with van der Waals surface area (Å²) in [4.78, 5) is 11.0. The Morgan fingerprint density at radius 2 is 0.930 bits per heavy atom. The van der Waals surface area contributed by atoms with Crippen LogP contribution in [0.2, 0.25) is 0 Å². The van der Waals surface area contributed by atoms with Crippen molar-refractivity contribution >= 4 is 11.9 Å². The van der Waals surface area contributed by atoms with Crippen molar-refractivity contribution in [2.24, 2.45) is 5.73 Å². The van der Waals surface area contributed by atoms with E-state index < -0.39 is 5.82 Å². The van der Waals surface area contributed by atoms with Gasteiger partial charge in [-0.3, -0.25) is 4.79 Å². The van der Waals surface area contributed by atoms with Crippen molar-refractivity contribution in [3.63, 3.8) is 0 Å². The highest BCUT2D eigenvalue weighted by Gasteiger charge is 2.01. The fourth-order valence-corrected chi connectivity index (χ4v) is 3.14. The van der Waals surface area contributed by atoms with E-state index in [1.165, 1.54) is 25.1 Å². The molecule has 0 fully saturated rings. The van der Waals surface area contributed by atoms with Gasteiger partial charge in [0.05, 0.1) is 119 Å². The van der Waals surface area contributed by atoms with Crippen molar-refractivity contribution in [1.82, 2.24) is 0 Å². The summed E-state index contributed by atoms with van der Waals surface area (Å²) >= 11 is 0. The van der Waals surface area contributed by atoms with Gasteiger partial charge in [0.2, 0.25) is 0 Å². The fourth-order valence-electron chi connectivity index (χ4n) is 3.14. The number of halogens is 1. The number of hydrogen-bond donors (Lipinski definition) is 1. The maximum absolute atomic E-state index is 13.7. The van der Waals surface area contributed by atoms with Crippen LogP contribution in [0.5, 0.6) is 5.75 Å². The van der Waals surface area contributed by atoms with E-state index in [0.29, 0.717) is 137 Å². The molecule has 2 N–H and O–H groups in total. The molecular weight excluding hydrogens is 569 g/mol. The van der Waals surface area contributed by atoms with Gasteiger partial charge in [0.15, 0.2) is 5.78 Å². The van der Waals surface area contributed by atoms with Gasteiger partial charge in [-0.1, -0.05) is 6.08 Å². The third kappa shape index (κ3) is 27.3. The van der Waals surface area contributed by atoms with E-state index in [0.717, 1.165) is 0 Å². The summed E-state index contributed by atoms with van der Waals surface area (Å²) in [6.07, 6.45) is 2.92. The highest BCUT2D eigenvalue weighted by molar-refractivity contribution is 5.91. The van der Waals surface area contributed by atoms with Crippen LogP contribution >= 0.6 is 0 Å². The molecule has 0 aromatic heterocycles. The number of ether oxygens (including phenoxy) is 10. The lowest BCUT2D eigenvalue weighted by Gasteiger charge is -2.09. The van der Waals surface area contributed by atoms with Gasteiger partial charge in [-0.15, -0.1) is 0 Å². The molecule has 0 heterocycles. The number of rotatable bonds is 32. The Bertz CT molecular complexity index is 816. The number of hydrogen-bond acceptors (Lipinski definition) is 12. The van der Waals surface area contributed by atoms with E-state index in [4.69, 9.17) is 53.1 Å². The number of allylic oxidation sites excluding steroid dienone is 1. The zero-order valence-corrected chi connectivity index (χ0v) is 25.5. The lowest BCUT2D eigenvalue weighted by Crippen LogP contribution is -2.15. The zero-order valence-electron chi connectivity index (χ0n) is 25.5. The lowest BCUT2D eigenvalue weighted by atomic mass is 10.2. The van der Waals surface area contributed by atoms with Crippen molar-refractivity contribution in [1.29, 1.82) is 0 Å². The average molecular weight is 620 g/mol. The number of benzene rings is 1. The molecule has 13 heteroatoms. The van der Waals surface area contributed by atoms with E-state index in [9.17, 15) is 9.18 Å². The third-order valence-electron chi connectivity index (χ3n) is 5.14. The van der Waals surface area contributed by atoms with Crippen LogP contribution < -0.4 is 10.5 Å². The Morgan fingerprint density at radius 3 is 1.28 bits per heavy atom. The van der Waals surface area contributed by atoms with Crippen molar-refractivity contribution in [3.8, 4) is 5.75 Å². The SMILES string of the molecule is CC(=O)/C=C/c1cc(F)cc(OCCOCCOCCOCCOCCOCCOCCOCCOCCOCCN)c1. The first-order chi connectivity index (χ1) is 21.1. The molecule has 0 amide bonds. The van der Waals surface area contributed by atoms with Crippen LogP contribution in [-0.2, 0) is 47.4 Å². The summed E-state index contributed by atoms with van der Waals surface area (Å²) in [5.74, 6) is -0.176. The smallest absolute Gasteiger partial charge is 0.152 e. The van der Waals surface area contributed by atoms with Crippen LogP contribution in [0.15, 0.2) is 24.3 Å². The number of ketones is 1. The summed E-state index contributed by atoms with van der Waals surface area (Å²) in [7, 11) is 0. The molecular formula is C30H50FNO11. The predicted molar refractivity (Wildman–Crippen MR) is 158 cm³/mol. The molecule has 1 aromatic carbocycles. The minimum absolute atomic E-state index is 0.113. The standard InChI is InChI=1S/C30H50FNO11/c1-27(33)2-3-28-24-29(31)26-30(25-28)43-23-22-42-21-20-41-19-18-40-17-16-39-15-14-38-13-12-37-11-10-36-9-8-35-7-6-34-5-4-32/h2-3,24-26H,4-23,32H2,1H3/b3-2+. The topological polar surface area (TPSA) is 135 Å². The monoisotopic (exact) mass is 619 g/mol. The van der Waals surface area contributed by atoms with E-state index >= 15 is 0 Å². The number of nitrogens with two attached hydrogens (primary N) is 1. The lowest BCUT2D eigenvalue weighted by molar-refractivity contribution is -0.112. The van der Waals surface area contributed by atoms with Crippen LogP contribution in [0, 0.1) is 5.82 Å². The van der Waals surface area contributed by atoms with Gasteiger partial charge in [0.1, 0.15) is 18.2 Å². The Morgan fingerprint density at radius 1 is 0.581 bits per heavy atom. The molecule has 0 atom stereocenters. The second-order valence-electron chi connectivity index (χ2n) is 8.81. The van der Waals surface area contributed by atoms with Crippen LogP contribution in [0.25, 0.3) is 6.08 Å². The molecule has 0 saturated carbocycles. The van der Waals surface area contributed by atoms with Crippen molar-refractivity contribution < 1.29 is 56.6 Å². The summed E-state index contributed by atoms with van der Waals surface area (Å²) in [6, 6.07) is 4.27. The first-order valence-electron chi connectivity index (χ1n) is 14.6. The van der Waals surface area contributed by atoms with Gasteiger partial charge in [0.25, 0.3) is 0 Å². The first-order valence-corrected chi connectivity index (χ1v) is 14.6. The Balaban J connectivity index is 1.75. The Labute approximate surface area is 254 Å². The van der Waals surface area contributed by atoms with E-state index in [-0.39, 0.29) is 12.4 Å². The first kappa shape index (κ1) is 39.0. The van der Waals surface area contributed by atoms with Gasteiger partial charge in [-0.2, -0.15) is 0 Å². The Hall–Kier alpha value is -2.04. The maximum Gasteiger partial charge on any atom is 0.152 e. The second-order valence-corrected chi connectivity index (χ2v) is 8.81.